The predicted molar refractivity (Wildman–Crippen MR) is 154 cm³/mol. The zero-order valence-electron chi connectivity index (χ0n) is 23.3. The minimum Gasteiger partial charge on any atom is -0.444 e. The molecule has 0 saturated carbocycles. The molecule has 40 heavy (non-hydrogen) atoms. The lowest BCUT2D eigenvalue weighted by molar-refractivity contribution is 0.0635. The van der Waals surface area contributed by atoms with Crippen LogP contribution in [0.2, 0.25) is 0 Å². The van der Waals surface area contributed by atoms with Crippen molar-refractivity contribution in [2.24, 2.45) is 0 Å². The Kier molecular flexibility index (Phi) is 10.6. The molecule has 0 saturated heterocycles. The molecule has 0 unspecified atom stereocenters. The first kappa shape index (κ1) is 30.5. The number of carbonyl (C=O) groups is 3. The number of hydrogen-bond donors (Lipinski definition) is 3. The normalized spacial score (nSPS) is 11.2. The number of amides is 4. The maximum absolute atomic E-state index is 13.2. The number of pyridine rings is 1. The third-order valence-corrected chi connectivity index (χ3v) is 6.18. The van der Waals surface area contributed by atoms with Crippen molar-refractivity contribution in [3.63, 3.8) is 0 Å². The second kappa shape index (κ2) is 13.9. The summed E-state index contributed by atoms with van der Waals surface area (Å²) in [6.07, 6.45) is 0.933. The topological polar surface area (TPSA) is 116 Å². The molecule has 3 rings (SSSR count). The minimum atomic E-state index is -0.652. The van der Waals surface area contributed by atoms with Gasteiger partial charge in [0.05, 0.1) is 11.4 Å². The number of urea groups is 1. The summed E-state index contributed by atoms with van der Waals surface area (Å²) in [5, 5.41) is 11.7. The van der Waals surface area contributed by atoms with Gasteiger partial charge < -0.3 is 25.2 Å². The Morgan fingerprint density at radius 3 is 2.20 bits per heavy atom. The summed E-state index contributed by atoms with van der Waals surface area (Å²) < 4.78 is 18.4. The van der Waals surface area contributed by atoms with Crippen molar-refractivity contribution in [2.75, 3.05) is 37.8 Å². The number of halogens is 1. The van der Waals surface area contributed by atoms with E-state index in [0.29, 0.717) is 24.5 Å². The number of benzene rings is 1. The van der Waals surface area contributed by atoms with Gasteiger partial charge in [-0.25, -0.2) is 14.0 Å². The fourth-order valence-corrected chi connectivity index (χ4v) is 4.14. The van der Waals surface area contributed by atoms with Crippen LogP contribution in [-0.4, -0.2) is 65.6 Å². The van der Waals surface area contributed by atoms with Crippen molar-refractivity contribution >= 4 is 40.7 Å². The fraction of sp³-hybridized carbons (Fsp3) is 0.357. The van der Waals surface area contributed by atoms with Crippen molar-refractivity contribution in [1.29, 1.82) is 0 Å². The lowest BCUT2D eigenvalue weighted by atomic mass is 10.2. The fourth-order valence-electron chi connectivity index (χ4n) is 3.43. The zero-order valence-corrected chi connectivity index (χ0v) is 24.1. The highest BCUT2D eigenvalue weighted by Crippen LogP contribution is 2.27. The van der Waals surface area contributed by atoms with Crippen LogP contribution in [0, 0.1) is 5.82 Å². The molecule has 0 spiro atoms. The molecule has 12 heteroatoms. The number of nitrogens with one attached hydrogen (secondary N) is 3. The van der Waals surface area contributed by atoms with Crippen LogP contribution in [-0.2, 0) is 17.8 Å². The number of nitrogens with zero attached hydrogens (tertiary/aromatic N) is 3. The molecule has 0 aliphatic heterocycles. The molecule has 3 N–H and O–H groups in total. The van der Waals surface area contributed by atoms with Gasteiger partial charge in [0, 0.05) is 43.1 Å². The molecule has 2 aromatic heterocycles. The first-order valence-electron chi connectivity index (χ1n) is 12.6. The predicted octanol–water partition coefficient (Wildman–Crippen LogP) is 5.15. The molecule has 4 amide bonds. The van der Waals surface area contributed by atoms with Gasteiger partial charge in [-0.1, -0.05) is 18.2 Å². The van der Waals surface area contributed by atoms with Gasteiger partial charge in [0.25, 0.3) is 5.91 Å². The third-order valence-electron chi connectivity index (χ3n) is 5.44. The molecule has 214 valence electrons. The molecule has 1 aromatic carbocycles. The van der Waals surface area contributed by atoms with E-state index in [-0.39, 0.29) is 30.6 Å². The van der Waals surface area contributed by atoms with E-state index < -0.39 is 17.6 Å². The number of thiophene rings is 1. The smallest absolute Gasteiger partial charge is 0.412 e. The Balaban J connectivity index is 1.61. The van der Waals surface area contributed by atoms with Gasteiger partial charge in [0.2, 0.25) is 0 Å². The second-order valence-corrected chi connectivity index (χ2v) is 11.1. The van der Waals surface area contributed by atoms with Crippen molar-refractivity contribution in [3.05, 3.63) is 76.0 Å². The van der Waals surface area contributed by atoms with Gasteiger partial charge in [-0.15, -0.1) is 11.3 Å². The standard InChI is InChI=1S/C28H35FN6O4S/c1-28(2,3)39-27(38)33-24-18-40-17-23(24)32-25(36)22-11-8-20(15-30-22)16-35(13-12-34(4)5)26(37)31-14-19-6-9-21(29)10-7-19/h6-11,15,17-18H,12-14,16H2,1-5H3,(H,31,37)(H,32,36)(H,33,38). The van der Waals surface area contributed by atoms with Crippen LogP contribution in [0.3, 0.4) is 0 Å². The van der Waals surface area contributed by atoms with E-state index in [4.69, 9.17) is 4.74 Å². The van der Waals surface area contributed by atoms with E-state index >= 15 is 0 Å². The van der Waals surface area contributed by atoms with Crippen LogP contribution in [0.4, 0.5) is 25.4 Å². The van der Waals surface area contributed by atoms with E-state index in [9.17, 15) is 18.8 Å². The summed E-state index contributed by atoms with van der Waals surface area (Å²) in [6.45, 7) is 6.96. The Hall–Kier alpha value is -4.03. The maximum atomic E-state index is 13.2. The number of rotatable bonds is 10. The first-order valence-corrected chi connectivity index (χ1v) is 13.6. The Morgan fingerprint density at radius 1 is 0.950 bits per heavy atom. The number of aromatic nitrogens is 1. The number of ether oxygens (including phenoxy) is 1. The number of carbonyl (C=O) groups excluding carboxylic acids is 3. The molecule has 0 atom stereocenters. The minimum absolute atomic E-state index is 0.179. The average molecular weight is 571 g/mol. The number of anilines is 2. The van der Waals surface area contributed by atoms with E-state index in [1.165, 1.54) is 23.5 Å². The van der Waals surface area contributed by atoms with Crippen molar-refractivity contribution in [1.82, 2.24) is 20.1 Å². The molecule has 3 aromatic rings. The van der Waals surface area contributed by atoms with Gasteiger partial charge in [0.1, 0.15) is 17.1 Å². The Morgan fingerprint density at radius 2 is 1.60 bits per heavy atom. The van der Waals surface area contributed by atoms with Gasteiger partial charge in [-0.05, 0) is 64.2 Å². The van der Waals surface area contributed by atoms with Crippen LogP contribution in [0.15, 0.2) is 53.4 Å². The van der Waals surface area contributed by atoms with Crippen LogP contribution >= 0.6 is 11.3 Å². The number of likely N-dealkylation sites (N-methyl/N-ethyl adjacent to an activating group) is 1. The third kappa shape index (κ3) is 9.93. The summed E-state index contributed by atoms with van der Waals surface area (Å²) in [4.78, 5) is 45.8. The van der Waals surface area contributed by atoms with E-state index in [1.54, 1.807) is 66.9 Å². The summed E-state index contributed by atoms with van der Waals surface area (Å²) in [7, 11) is 3.84. The molecule has 0 radical (unpaired) electrons. The summed E-state index contributed by atoms with van der Waals surface area (Å²) >= 11 is 1.32. The molecule has 2 heterocycles. The summed E-state index contributed by atoms with van der Waals surface area (Å²) in [6, 6.07) is 9.01. The van der Waals surface area contributed by atoms with Crippen LogP contribution in [0.1, 0.15) is 42.4 Å². The van der Waals surface area contributed by atoms with Gasteiger partial charge in [-0.2, -0.15) is 0 Å². The molecule has 0 aliphatic rings. The Bertz CT molecular complexity index is 1290. The highest BCUT2D eigenvalue weighted by atomic mass is 32.1. The van der Waals surface area contributed by atoms with E-state index in [0.717, 1.165) is 11.1 Å². The monoisotopic (exact) mass is 570 g/mol. The quantitative estimate of drug-likeness (QED) is 0.310. The maximum Gasteiger partial charge on any atom is 0.412 e. The number of hydrogen-bond acceptors (Lipinski definition) is 7. The SMILES string of the molecule is CN(C)CCN(Cc1ccc(C(=O)Nc2cscc2NC(=O)OC(C)(C)C)nc1)C(=O)NCc1ccc(F)cc1. The molecule has 0 fully saturated rings. The molecule has 10 nitrogen and oxygen atoms in total. The van der Waals surface area contributed by atoms with Crippen LogP contribution in [0.25, 0.3) is 0 Å². The van der Waals surface area contributed by atoms with Crippen LogP contribution in [0.5, 0.6) is 0 Å². The van der Waals surface area contributed by atoms with Crippen LogP contribution < -0.4 is 16.0 Å². The summed E-state index contributed by atoms with van der Waals surface area (Å²) in [5.41, 5.74) is 1.91. The largest absolute Gasteiger partial charge is 0.444 e. The second-order valence-electron chi connectivity index (χ2n) is 10.3. The van der Waals surface area contributed by atoms with Crippen molar-refractivity contribution < 1.29 is 23.5 Å². The van der Waals surface area contributed by atoms with E-state index in [1.807, 2.05) is 19.0 Å². The Labute approximate surface area is 237 Å². The van der Waals surface area contributed by atoms with Crippen molar-refractivity contribution in [3.8, 4) is 0 Å². The zero-order chi connectivity index (χ0) is 29.3. The highest BCUT2D eigenvalue weighted by molar-refractivity contribution is 7.09. The summed E-state index contributed by atoms with van der Waals surface area (Å²) in [5.74, 6) is -0.778. The van der Waals surface area contributed by atoms with Gasteiger partial charge in [0.15, 0.2) is 0 Å². The van der Waals surface area contributed by atoms with Crippen molar-refractivity contribution in [2.45, 2.75) is 39.5 Å². The average Bonchev–Trinajstić information content (AvgIpc) is 3.31. The lowest BCUT2D eigenvalue weighted by Crippen LogP contribution is -2.42. The van der Waals surface area contributed by atoms with E-state index in [2.05, 4.69) is 20.9 Å². The van der Waals surface area contributed by atoms with Gasteiger partial charge >= 0.3 is 12.1 Å². The lowest BCUT2D eigenvalue weighted by Gasteiger charge is -2.25. The molecule has 0 aliphatic carbocycles. The molecule has 0 bridgehead atoms. The molecular weight excluding hydrogens is 535 g/mol. The first-order chi connectivity index (χ1) is 18.9. The molecular formula is C28H35FN6O4S. The highest BCUT2D eigenvalue weighted by Gasteiger charge is 2.19. The van der Waals surface area contributed by atoms with Gasteiger partial charge in [-0.3, -0.25) is 15.1 Å².